The summed E-state index contributed by atoms with van der Waals surface area (Å²) >= 11 is 0. The summed E-state index contributed by atoms with van der Waals surface area (Å²) in [6, 6.07) is 7.33. The highest BCUT2D eigenvalue weighted by Crippen LogP contribution is 2.37. The Balaban J connectivity index is 1.51. The normalized spacial score (nSPS) is 16.6. The number of hydrogen-bond acceptors (Lipinski definition) is 5. The Morgan fingerprint density at radius 2 is 1.92 bits per heavy atom. The van der Waals surface area contributed by atoms with Crippen LogP contribution in [0.4, 0.5) is 8.78 Å². The minimum absolute atomic E-state index is 0.0341. The first-order chi connectivity index (χ1) is 17.2. The van der Waals surface area contributed by atoms with Gasteiger partial charge in [-0.1, -0.05) is 13.8 Å². The lowest BCUT2D eigenvalue weighted by atomic mass is 9.84. The van der Waals surface area contributed by atoms with E-state index in [1.807, 2.05) is 10.6 Å². The third kappa shape index (κ3) is 5.02. The van der Waals surface area contributed by atoms with Crippen molar-refractivity contribution in [1.29, 1.82) is 0 Å². The topological polar surface area (TPSA) is 68.1 Å². The van der Waals surface area contributed by atoms with Crippen molar-refractivity contribution in [2.45, 2.75) is 57.6 Å². The molecule has 5 rings (SSSR count). The summed E-state index contributed by atoms with van der Waals surface area (Å²) in [6.45, 7) is 4.65. The van der Waals surface area contributed by atoms with Crippen LogP contribution in [-0.4, -0.2) is 59.6 Å². The summed E-state index contributed by atoms with van der Waals surface area (Å²) < 4.78 is 38.7. The van der Waals surface area contributed by atoms with Crippen molar-refractivity contribution < 1.29 is 23.0 Å². The molecule has 2 fully saturated rings. The number of amides is 1. The molecule has 3 aromatic rings. The standard InChI is InChI=1S/C27H32F2N4O3/c1-27(2,16-32-9-4-5-10-32)18-8-11-33-20(15-30-23(33)14-18)17-12-21(35-3)24(22(13-17)36-26(28)29)25(34)31-19-6-7-19/h8,11-15,19,26H,4-7,9-10,16H2,1-3H3,(H,31,34). The van der Waals surface area contributed by atoms with Gasteiger partial charge in [0.2, 0.25) is 0 Å². The van der Waals surface area contributed by atoms with Crippen molar-refractivity contribution in [3.8, 4) is 22.8 Å². The van der Waals surface area contributed by atoms with E-state index in [9.17, 15) is 13.6 Å². The van der Waals surface area contributed by atoms with Crippen molar-refractivity contribution in [3.05, 3.63) is 47.8 Å². The van der Waals surface area contributed by atoms with Crippen LogP contribution in [-0.2, 0) is 5.41 Å². The maximum Gasteiger partial charge on any atom is 0.387 e. The van der Waals surface area contributed by atoms with E-state index in [0.29, 0.717) is 11.3 Å². The number of halogens is 2. The number of benzene rings is 1. The van der Waals surface area contributed by atoms with Gasteiger partial charge in [0.05, 0.1) is 19.0 Å². The van der Waals surface area contributed by atoms with Crippen molar-refractivity contribution >= 4 is 11.6 Å². The van der Waals surface area contributed by atoms with Gasteiger partial charge in [0.15, 0.2) is 0 Å². The van der Waals surface area contributed by atoms with Crippen LogP contribution in [0.3, 0.4) is 0 Å². The first kappa shape index (κ1) is 24.5. The van der Waals surface area contributed by atoms with E-state index in [-0.39, 0.29) is 28.5 Å². The van der Waals surface area contributed by atoms with Gasteiger partial charge in [0, 0.05) is 29.8 Å². The average Bonchev–Trinajstić information content (AvgIpc) is 3.31. The molecular formula is C27H32F2N4O3. The van der Waals surface area contributed by atoms with E-state index < -0.39 is 12.5 Å². The minimum atomic E-state index is -3.08. The number of fused-ring (bicyclic) bond motifs is 1. The van der Waals surface area contributed by atoms with Crippen LogP contribution >= 0.6 is 0 Å². The third-order valence-corrected chi connectivity index (χ3v) is 7.05. The van der Waals surface area contributed by atoms with E-state index in [1.165, 1.54) is 31.6 Å². The number of carbonyl (C=O) groups is 1. The van der Waals surface area contributed by atoms with Gasteiger partial charge >= 0.3 is 6.61 Å². The van der Waals surface area contributed by atoms with E-state index in [2.05, 4.69) is 41.2 Å². The number of aromatic nitrogens is 2. The average molecular weight is 499 g/mol. The molecule has 1 saturated heterocycles. The van der Waals surface area contributed by atoms with Crippen LogP contribution in [0.2, 0.25) is 0 Å². The number of nitrogens with one attached hydrogen (secondary N) is 1. The number of rotatable bonds is 9. The molecule has 0 bridgehead atoms. The number of ether oxygens (including phenoxy) is 2. The van der Waals surface area contributed by atoms with Crippen molar-refractivity contribution in [1.82, 2.24) is 19.6 Å². The molecule has 7 nitrogen and oxygen atoms in total. The molecule has 0 unspecified atom stereocenters. The fraction of sp³-hybridized carbons (Fsp3) is 0.481. The molecule has 36 heavy (non-hydrogen) atoms. The van der Waals surface area contributed by atoms with Gasteiger partial charge in [-0.2, -0.15) is 8.78 Å². The molecule has 9 heteroatoms. The molecule has 3 heterocycles. The summed E-state index contributed by atoms with van der Waals surface area (Å²) in [6.07, 6.45) is 7.89. The maximum absolute atomic E-state index is 13.3. The van der Waals surface area contributed by atoms with Gasteiger partial charge in [-0.15, -0.1) is 0 Å². The highest BCUT2D eigenvalue weighted by atomic mass is 19.3. The van der Waals surface area contributed by atoms with Gasteiger partial charge in [-0.05, 0) is 68.6 Å². The van der Waals surface area contributed by atoms with Crippen LogP contribution in [0.1, 0.15) is 55.5 Å². The second-order valence-electron chi connectivity index (χ2n) is 10.3. The Labute approximate surface area is 209 Å². The van der Waals surface area contributed by atoms with E-state index >= 15 is 0 Å². The van der Waals surface area contributed by atoms with Crippen molar-refractivity contribution in [2.24, 2.45) is 0 Å². The molecule has 1 N–H and O–H groups in total. The summed E-state index contributed by atoms with van der Waals surface area (Å²) in [5.41, 5.74) is 3.10. The summed E-state index contributed by atoms with van der Waals surface area (Å²) in [5, 5.41) is 2.82. The number of methoxy groups -OCH3 is 1. The molecule has 2 aliphatic rings. The van der Waals surface area contributed by atoms with Gasteiger partial charge in [-0.3, -0.25) is 9.20 Å². The molecule has 1 aromatic carbocycles. The van der Waals surface area contributed by atoms with Gasteiger partial charge < -0.3 is 19.7 Å². The van der Waals surface area contributed by atoms with Crippen LogP contribution in [0, 0.1) is 0 Å². The highest BCUT2D eigenvalue weighted by molar-refractivity contribution is 6.01. The predicted octanol–water partition coefficient (Wildman–Crippen LogP) is 4.88. The summed E-state index contributed by atoms with van der Waals surface area (Å²) in [7, 11) is 1.41. The van der Waals surface area contributed by atoms with Crippen LogP contribution in [0.25, 0.3) is 16.9 Å². The Hall–Kier alpha value is -3.20. The van der Waals surface area contributed by atoms with Gasteiger partial charge in [0.1, 0.15) is 22.7 Å². The number of nitrogens with zero attached hydrogens (tertiary/aromatic N) is 3. The number of imidazole rings is 1. The lowest BCUT2D eigenvalue weighted by Crippen LogP contribution is -2.35. The molecular weight excluding hydrogens is 466 g/mol. The zero-order chi connectivity index (χ0) is 25.4. The van der Waals surface area contributed by atoms with E-state index in [1.54, 1.807) is 12.3 Å². The predicted molar refractivity (Wildman–Crippen MR) is 133 cm³/mol. The number of alkyl halides is 2. The summed E-state index contributed by atoms with van der Waals surface area (Å²) in [5.74, 6) is -0.546. The minimum Gasteiger partial charge on any atom is -0.496 e. The number of carbonyl (C=O) groups excluding carboxylic acids is 1. The Morgan fingerprint density at radius 3 is 2.58 bits per heavy atom. The molecule has 1 amide bonds. The van der Waals surface area contributed by atoms with Gasteiger partial charge in [0.25, 0.3) is 5.91 Å². The second-order valence-corrected chi connectivity index (χ2v) is 10.3. The lowest BCUT2D eigenvalue weighted by Gasteiger charge is -2.30. The zero-order valence-electron chi connectivity index (χ0n) is 20.9. The Kier molecular flexibility index (Phi) is 6.59. The van der Waals surface area contributed by atoms with Crippen molar-refractivity contribution in [2.75, 3.05) is 26.7 Å². The van der Waals surface area contributed by atoms with Crippen molar-refractivity contribution in [3.63, 3.8) is 0 Å². The molecule has 1 aliphatic carbocycles. The number of hydrogen-bond donors (Lipinski definition) is 1. The maximum atomic E-state index is 13.3. The van der Waals surface area contributed by atoms with Crippen LogP contribution in [0.5, 0.6) is 11.5 Å². The molecule has 0 spiro atoms. The SMILES string of the molecule is COc1cc(-c2cnc3cc(C(C)(C)CN4CCCC4)ccn23)cc(OC(F)F)c1C(=O)NC1CC1. The van der Waals surface area contributed by atoms with E-state index in [0.717, 1.165) is 38.1 Å². The first-order valence-electron chi connectivity index (χ1n) is 12.4. The fourth-order valence-corrected chi connectivity index (χ4v) is 5.00. The largest absolute Gasteiger partial charge is 0.496 e. The first-order valence-corrected chi connectivity index (χ1v) is 12.4. The zero-order valence-corrected chi connectivity index (χ0v) is 20.9. The van der Waals surface area contributed by atoms with Crippen LogP contribution in [0.15, 0.2) is 36.7 Å². The highest BCUT2D eigenvalue weighted by Gasteiger charge is 2.30. The Morgan fingerprint density at radius 1 is 1.19 bits per heavy atom. The summed E-state index contributed by atoms with van der Waals surface area (Å²) in [4.78, 5) is 19.9. The molecule has 0 radical (unpaired) electrons. The monoisotopic (exact) mass is 498 g/mol. The smallest absolute Gasteiger partial charge is 0.387 e. The molecule has 0 atom stereocenters. The molecule has 2 aromatic heterocycles. The van der Waals surface area contributed by atoms with Gasteiger partial charge in [-0.25, -0.2) is 4.98 Å². The fourth-order valence-electron chi connectivity index (χ4n) is 5.00. The lowest BCUT2D eigenvalue weighted by molar-refractivity contribution is -0.0502. The quantitative estimate of drug-likeness (QED) is 0.456. The number of pyridine rings is 1. The third-order valence-electron chi connectivity index (χ3n) is 7.05. The molecule has 1 aliphatic heterocycles. The Bertz CT molecular complexity index is 1260. The number of likely N-dealkylation sites (tertiary alicyclic amines) is 1. The van der Waals surface area contributed by atoms with E-state index in [4.69, 9.17) is 9.47 Å². The van der Waals surface area contributed by atoms with Crippen LogP contribution < -0.4 is 14.8 Å². The second kappa shape index (κ2) is 9.69. The molecule has 192 valence electrons. The molecule has 1 saturated carbocycles.